The van der Waals surface area contributed by atoms with Crippen LogP contribution >= 0.6 is 24.8 Å². The number of hydrogen-bond acceptors (Lipinski definition) is 0. The number of hydrogen-bond donors (Lipinski definition) is 0. The van der Waals surface area contributed by atoms with Crippen LogP contribution in [0.2, 0.25) is 4.63 Å². The zero-order valence-corrected chi connectivity index (χ0v) is 24.7. The van der Waals surface area contributed by atoms with Gasteiger partial charge in [0, 0.05) is 0 Å². The maximum Gasteiger partial charge on any atom is -0.147 e. The van der Waals surface area contributed by atoms with Gasteiger partial charge in [0.15, 0.2) is 0 Å². The zero-order valence-electron chi connectivity index (χ0n) is 18.7. The van der Waals surface area contributed by atoms with E-state index in [9.17, 15) is 0 Å². The first-order chi connectivity index (χ1) is 13.1. The third kappa shape index (κ3) is 4.77. The number of rotatable bonds is 4. The molecule has 158 valence electrons. The fourth-order valence-electron chi connectivity index (χ4n) is 5.31. The van der Waals surface area contributed by atoms with Crippen LogP contribution in [0, 0.1) is 0 Å². The van der Waals surface area contributed by atoms with Gasteiger partial charge in [0.2, 0.25) is 0 Å². The number of benzene rings is 2. The Morgan fingerprint density at radius 1 is 0.724 bits per heavy atom. The van der Waals surface area contributed by atoms with Crippen LogP contribution in [0.5, 0.6) is 0 Å². The van der Waals surface area contributed by atoms with Crippen molar-refractivity contribution in [2.75, 3.05) is 0 Å². The van der Waals surface area contributed by atoms with Gasteiger partial charge in [-0.3, -0.25) is 0 Å². The van der Waals surface area contributed by atoms with Crippen molar-refractivity contribution in [3.05, 3.63) is 81.9 Å². The Hall–Kier alpha value is -0.400. The Morgan fingerprint density at radius 2 is 1.07 bits per heavy atom. The second-order valence-corrected chi connectivity index (χ2v) is 32.6. The Balaban J connectivity index is 0.00000102. The van der Waals surface area contributed by atoms with Gasteiger partial charge in [0.25, 0.3) is 0 Å². The number of halogens is 2. The molecule has 0 nitrogen and oxygen atoms in total. The van der Waals surface area contributed by atoms with Crippen LogP contribution in [0.25, 0.3) is 12.2 Å². The van der Waals surface area contributed by atoms with Gasteiger partial charge >= 0.3 is 159 Å². The van der Waals surface area contributed by atoms with Crippen molar-refractivity contribution in [2.45, 2.75) is 52.4 Å². The minimum absolute atomic E-state index is 0. The summed E-state index contributed by atoms with van der Waals surface area (Å²) in [6.07, 6.45) is 7.44. The average Bonchev–Trinajstić information content (AvgIpc) is 3.28. The number of allylic oxidation sites excluding steroid dienone is 2. The standard InChI is InChI=1S/2C11H11.C2H6.CH3.2ClH.H3Si.Zr/c2*1-2-9-7-10-5-3-4-6-11(10)8-9;1-2;;;;;/h2*3-8H,2H2,1H3;1-2H3;1H3;2*1H;1H3;. The van der Waals surface area contributed by atoms with Crippen molar-refractivity contribution in [1.82, 2.24) is 0 Å². The van der Waals surface area contributed by atoms with Crippen LogP contribution in [0.1, 0.15) is 70.0 Å². The molecule has 2 aromatic carbocycles. The molecule has 0 heterocycles. The summed E-state index contributed by atoms with van der Waals surface area (Å²) in [4.78, 5) is 0. The van der Waals surface area contributed by atoms with E-state index in [-0.39, 0.29) is 24.8 Å². The summed E-state index contributed by atoms with van der Waals surface area (Å²) in [5, 5.41) is 0. The summed E-state index contributed by atoms with van der Waals surface area (Å²) in [6.45, 7) is 8.71. The van der Waals surface area contributed by atoms with Crippen molar-refractivity contribution in [1.29, 1.82) is 0 Å². The topological polar surface area (TPSA) is 0 Å². The third-order valence-electron chi connectivity index (χ3n) is 6.34. The fourth-order valence-corrected chi connectivity index (χ4v) is 25.5. The van der Waals surface area contributed by atoms with Gasteiger partial charge in [0.05, 0.1) is 0 Å². The van der Waals surface area contributed by atoms with Gasteiger partial charge in [0.1, 0.15) is 0 Å². The maximum atomic E-state index is 2.76. The van der Waals surface area contributed by atoms with Crippen molar-refractivity contribution >= 4 is 44.3 Å². The normalized spacial score (nSPS) is 20.6. The molecule has 0 N–H and O–H groups in total. The molecule has 0 aliphatic heterocycles. The number of fused-ring (bicyclic) bond motifs is 2. The van der Waals surface area contributed by atoms with Crippen LogP contribution in [-0.2, 0) is 19.4 Å². The molecule has 2 aliphatic carbocycles. The monoisotopic (exact) mass is 524 g/mol. The molecule has 2 aliphatic rings. The average molecular weight is 527 g/mol. The van der Waals surface area contributed by atoms with E-state index >= 15 is 0 Å². The first-order valence-electron chi connectivity index (χ1n) is 10.7. The molecule has 0 aromatic heterocycles. The van der Waals surface area contributed by atoms with Crippen LogP contribution < -0.4 is 0 Å². The molecular weight excluding hydrogens is 490 g/mol. The summed E-state index contributed by atoms with van der Waals surface area (Å²) < 4.78 is 4.30. The van der Waals surface area contributed by atoms with Crippen LogP contribution in [-0.4, -0.2) is 7.37 Å². The summed E-state index contributed by atoms with van der Waals surface area (Å²) >= 11 is -2.43. The molecule has 4 heteroatoms. The molecule has 0 bridgehead atoms. The maximum absolute atomic E-state index is 2.76. The molecule has 2 aromatic rings. The van der Waals surface area contributed by atoms with Gasteiger partial charge in [-0.05, 0) is 0 Å². The molecule has 0 amide bonds. The predicted octanol–water partition coefficient (Wildman–Crippen LogP) is 7.44. The van der Waals surface area contributed by atoms with E-state index < -0.39 is 19.4 Å². The molecule has 0 saturated carbocycles. The van der Waals surface area contributed by atoms with E-state index in [1.54, 1.807) is 22.3 Å². The predicted molar refractivity (Wildman–Crippen MR) is 137 cm³/mol. The Labute approximate surface area is 196 Å². The summed E-state index contributed by atoms with van der Waals surface area (Å²) in [5.41, 5.74) is 9.72. The molecule has 4 rings (SSSR count). The quantitative estimate of drug-likeness (QED) is 0.363. The van der Waals surface area contributed by atoms with Gasteiger partial charge in [-0.1, -0.05) is 13.8 Å². The molecule has 0 radical (unpaired) electrons. The SMILES string of the molecule is CC.CCC1=Cc2ccccc2[CH]1[Zr]([CH3])([SiH3])[CH]1C(CC)=Cc2ccccc21.Cl.Cl. The summed E-state index contributed by atoms with van der Waals surface area (Å²) in [5.74, 6) is 0. The second kappa shape index (κ2) is 11.3. The fraction of sp³-hybridized carbons (Fsp3) is 0.360. The van der Waals surface area contributed by atoms with Gasteiger partial charge in [-0.2, -0.15) is 0 Å². The Bertz CT molecular complexity index is 814. The van der Waals surface area contributed by atoms with Crippen LogP contribution in [0.3, 0.4) is 0 Å². The molecule has 29 heavy (non-hydrogen) atoms. The molecular formula is C25H36Cl2SiZr. The van der Waals surface area contributed by atoms with E-state index in [2.05, 4.69) is 79.2 Å². The van der Waals surface area contributed by atoms with E-state index in [0.717, 1.165) is 7.25 Å². The van der Waals surface area contributed by atoms with Crippen molar-refractivity contribution in [3.8, 4) is 0 Å². The summed E-state index contributed by atoms with van der Waals surface area (Å²) in [7, 11) is 1.38. The second-order valence-electron chi connectivity index (χ2n) is 8.09. The van der Waals surface area contributed by atoms with Gasteiger partial charge in [-0.15, -0.1) is 24.8 Å². The molecule has 2 unspecified atom stereocenters. The Morgan fingerprint density at radius 3 is 1.41 bits per heavy atom. The first-order valence-corrected chi connectivity index (χ1v) is 24.3. The Kier molecular flexibility index (Phi) is 10.4. The van der Waals surface area contributed by atoms with Crippen LogP contribution in [0.15, 0.2) is 59.7 Å². The van der Waals surface area contributed by atoms with Crippen LogP contribution in [0.4, 0.5) is 0 Å². The van der Waals surface area contributed by atoms with Gasteiger partial charge < -0.3 is 0 Å². The van der Waals surface area contributed by atoms with Gasteiger partial charge in [-0.25, -0.2) is 0 Å². The van der Waals surface area contributed by atoms with E-state index in [4.69, 9.17) is 0 Å². The first kappa shape index (κ1) is 26.6. The third-order valence-corrected chi connectivity index (χ3v) is 23.8. The molecule has 2 atom stereocenters. The minimum Gasteiger partial charge on any atom is -0.147 e. The minimum atomic E-state index is -2.43. The van der Waals surface area contributed by atoms with Crippen molar-refractivity contribution < 1.29 is 19.4 Å². The molecule has 0 fully saturated rings. The largest absolute Gasteiger partial charge is 0.147 e. The van der Waals surface area contributed by atoms with E-state index in [1.807, 2.05) is 13.8 Å². The summed E-state index contributed by atoms with van der Waals surface area (Å²) in [6, 6.07) is 18.4. The van der Waals surface area contributed by atoms with Crippen molar-refractivity contribution in [2.24, 2.45) is 0 Å². The smallest absolute Gasteiger partial charge is 0.147 e. The zero-order chi connectivity index (χ0) is 19.6. The van der Waals surface area contributed by atoms with E-state index in [0.29, 0.717) is 0 Å². The van der Waals surface area contributed by atoms with E-state index in [1.165, 1.54) is 31.3 Å². The molecule has 0 saturated heterocycles. The molecule has 0 spiro atoms. The van der Waals surface area contributed by atoms with Crippen molar-refractivity contribution in [3.63, 3.8) is 0 Å².